The highest BCUT2D eigenvalue weighted by molar-refractivity contribution is 5.88. The Morgan fingerprint density at radius 2 is 2.08 bits per heavy atom. The molecule has 0 aliphatic heterocycles. The van der Waals surface area contributed by atoms with Gasteiger partial charge in [-0.2, -0.15) is 0 Å². The summed E-state index contributed by atoms with van der Waals surface area (Å²) in [6.45, 7) is 2.22. The highest BCUT2D eigenvalue weighted by Gasteiger charge is 2.45. The van der Waals surface area contributed by atoms with Crippen LogP contribution in [0.5, 0.6) is 0 Å². The molecule has 0 aromatic carbocycles. The maximum atomic E-state index is 10.9. The van der Waals surface area contributed by atoms with E-state index < -0.39 is 0 Å². The van der Waals surface area contributed by atoms with E-state index in [0.717, 1.165) is 11.8 Å². The van der Waals surface area contributed by atoms with Gasteiger partial charge in [0, 0.05) is 11.8 Å². The van der Waals surface area contributed by atoms with E-state index in [0.29, 0.717) is 12.5 Å². The van der Waals surface area contributed by atoms with Crippen LogP contribution >= 0.6 is 0 Å². The minimum Gasteiger partial charge on any atom is -0.456 e. The Hall–Kier alpha value is -0.970. The maximum absolute atomic E-state index is 10.9. The molecule has 0 saturated heterocycles. The van der Waals surface area contributed by atoms with Crippen LogP contribution in [-0.2, 0) is 9.53 Å². The van der Waals surface area contributed by atoms with Gasteiger partial charge in [-0.1, -0.05) is 5.92 Å². The van der Waals surface area contributed by atoms with Crippen molar-refractivity contribution < 1.29 is 9.53 Å². The fraction of sp³-hybridized carbons (Fsp3) is 0.727. The van der Waals surface area contributed by atoms with Crippen molar-refractivity contribution in [3.8, 4) is 11.8 Å². The predicted molar refractivity (Wildman–Crippen MR) is 48.7 cm³/mol. The van der Waals surface area contributed by atoms with Crippen LogP contribution in [0.3, 0.4) is 0 Å². The zero-order chi connectivity index (χ0) is 9.26. The van der Waals surface area contributed by atoms with Gasteiger partial charge in [0.1, 0.15) is 0 Å². The summed E-state index contributed by atoms with van der Waals surface area (Å²) in [4.78, 5) is 10.9. The smallest absolute Gasteiger partial charge is 0.384 e. The highest BCUT2D eigenvalue weighted by atomic mass is 16.5. The van der Waals surface area contributed by atoms with Gasteiger partial charge < -0.3 is 4.74 Å². The number of hydrogen-bond acceptors (Lipinski definition) is 2. The molecule has 2 nitrogen and oxygen atoms in total. The number of esters is 1. The van der Waals surface area contributed by atoms with Crippen molar-refractivity contribution in [1.82, 2.24) is 0 Å². The molecular formula is C11H14O2. The lowest BCUT2D eigenvalue weighted by Gasteiger charge is -2.00. The monoisotopic (exact) mass is 178 g/mol. The summed E-state index contributed by atoms with van der Waals surface area (Å²) in [5.74, 6) is 7.52. The molecule has 2 aliphatic rings. The van der Waals surface area contributed by atoms with Crippen molar-refractivity contribution in [1.29, 1.82) is 0 Å². The molecule has 0 amide bonds. The first-order valence-corrected chi connectivity index (χ1v) is 4.98. The van der Waals surface area contributed by atoms with Gasteiger partial charge in [-0.3, -0.25) is 0 Å². The third-order valence-electron chi connectivity index (χ3n) is 2.90. The van der Waals surface area contributed by atoms with E-state index >= 15 is 0 Å². The van der Waals surface area contributed by atoms with E-state index in [9.17, 15) is 4.79 Å². The molecule has 2 heteroatoms. The van der Waals surface area contributed by atoms with Crippen molar-refractivity contribution >= 4 is 5.97 Å². The molecule has 0 aromatic heterocycles. The van der Waals surface area contributed by atoms with Crippen molar-refractivity contribution in [2.45, 2.75) is 26.2 Å². The zero-order valence-electron chi connectivity index (χ0n) is 7.88. The summed E-state index contributed by atoms with van der Waals surface area (Å²) >= 11 is 0. The van der Waals surface area contributed by atoms with Crippen LogP contribution in [0.25, 0.3) is 0 Å². The molecule has 2 unspecified atom stereocenters. The van der Waals surface area contributed by atoms with Gasteiger partial charge in [-0.15, -0.1) is 0 Å². The van der Waals surface area contributed by atoms with E-state index in [2.05, 4.69) is 11.8 Å². The summed E-state index contributed by atoms with van der Waals surface area (Å²) in [5.41, 5.74) is 0. The highest BCUT2D eigenvalue weighted by Crippen LogP contribution is 2.54. The van der Waals surface area contributed by atoms with Crippen LogP contribution in [0, 0.1) is 29.6 Å². The van der Waals surface area contributed by atoms with Gasteiger partial charge in [0.25, 0.3) is 0 Å². The van der Waals surface area contributed by atoms with Gasteiger partial charge >= 0.3 is 5.97 Å². The number of carbonyl (C=O) groups is 1. The van der Waals surface area contributed by atoms with E-state index in [4.69, 9.17) is 4.74 Å². The number of ether oxygens (including phenoxy) is 1. The first kappa shape index (κ1) is 8.62. The quantitative estimate of drug-likeness (QED) is 0.346. The van der Waals surface area contributed by atoms with Crippen LogP contribution in [0.4, 0.5) is 0 Å². The Morgan fingerprint density at radius 3 is 2.69 bits per heavy atom. The first-order chi connectivity index (χ1) is 6.29. The van der Waals surface area contributed by atoms with Crippen molar-refractivity contribution in [2.24, 2.45) is 17.8 Å². The molecular weight excluding hydrogens is 164 g/mol. The number of rotatable bonds is 1. The SMILES string of the molecule is CCOC(=O)C#CC1CC2CC2C1. The average Bonchev–Trinajstić information content (AvgIpc) is 2.72. The maximum Gasteiger partial charge on any atom is 0.384 e. The molecule has 0 aromatic rings. The Labute approximate surface area is 78.7 Å². The number of hydrogen-bond donors (Lipinski definition) is 0. The second-order valence-electron chi connectivity index (χ2n) is 3.91. The van der Waals surface area contributed by atoms with Crippen molar-refractivity contribution in [3.63, 3.8) is 0 Å². The molecule has 70 valence electrons. The summed E-state index contributed by atoms with van der Waals surface area (Å²) in [6.07, 6.45) is 3.81. The Bertz CT molecular complexity index is 262. The average molecular weight is 178 g/mol. The third kappa shape index (κ3) is 2.03. The lowest BCUT2D eigenvalue weighted by atomic mass is 10.0. The molecule has 2 aliphatic carbocycles. The molecule has 2 saturated carbocycles. The second-order valence-corrected chi connectivity index (χ2v) is 3.91. The Kier molecular flexibility index (Phi) is 2.26. The Morgan fingerprint density at radius 1 is 1.38 bits per heavy atom. The minimum absolute atomic E-state index is 0.372. The molecule has 0 radical (unpaired) electrons. The largest absolute Gasteiger partial charge is 0.456 e. The van der Waals surface area contributed by atoms with Crippen LogP contribution < -0.4 is 0 Å². The van der Waals surface area contributed by atoms with E-state index in [-0.39, 0.29) is 5.97 Å². The summed E-state index contributed by atoms with van der Waals surface area (Å²) in [7, 11) is 0. The van der Waals surface area contributed by atoms with Crippen LogP contribution in [0.15, 0.2) is 0 Å². The molecule has 2 atom stereocenters. The number of carbonyl (C=O) groups excluding carboxylic acids is 1. The topological polar surface area (TPSA) is 26.3 Å². The molecule has 13 heavy (non-hydrogen) atoms. The molecule has 2 fully saturated rings. The third-order valence-corrected chi connectivity index (χ3v) is 2.90. The van der Waals surface area contributed by atoms with Gasteiger partial charge in [0.15, 0.2) is 0 Å². The van der Waals surface area contributed by atoms with Gasteiger partial charge in [0.05, 0.1) is 6.61 Å². The fourth-order valence-electron chi connectivity index (χ4n) is 2.16. The standard InChI is InChI=1S/C11H14O2/c1-2-13-11(12)4-3-8-5-9-7-10(9)6-8/h8-10H,2,5-7H2,1H3. The zero-order valence-corrected chi connectivity index (χ0v) is 7.88. The fourth-order valence-corrected chi connectivity index (χ4v) is 2.16. The van der Waals surface area contributed by atoms with Crippen molar-refractivity contribution in [2.75, 3.05) is 6.61 Å². The predicted octanol–water partition coefficient (Wildman–Crippen LogP) is 1.60. The molecule has 0 bridgehead atoms. The van der Waals surface area contributed by atoms with Crippen molar-refractivity contribution in [3.05, 3.63) is 0 Å². The number of fused-ring (bicyclic) bond motifs is 1. The van der Waals surface area contributed by atoms with Crippen LogP contribution in [0.1, 0.15) is 26.2 Å². The molecule has 2 rings (SSSR count). The lowest BCUT2D eigenvalue weighted by Crippen LogP contribution is -2.01. The van der Waals surface area contributed by atoms with Gasteiger partial charge in [0.2, 0.25) is 0 Å². The first-order valence-electron chi connectivity index (χ1n) is 4.98. The molecule has 0 N–H and O–H groups in total. The molecule has 0 spiro atoms. The van der Waals surface area contributed by atoms with E-state index in [1.165, 1.54) is 19.3 Å². The summed E-state index contributed by atoms with van der Waals surface area (Å²) in [5, 5.41) is 0. The second kappa shape index (κ2) is 3.41. The van der Waals surface area contributed by atoms with Gasteiger partial charge in [-0.05, 0) is 38.0 Å². The van der Waals surface area contributed by atoms with Crippen LogP contribution in [0.2, 0.25) is 0 Å². The Balaban J connectivity index is 1.79. The summed E-state index contributed by atoms with van der Waals surface area (Å²) in [6, 6.07) is 0. The lowest BCUT2D eigenvalue weighted by molar-refractivity contribution is -0.136. The van der Waals surface area contributed by atoms with Crippen LogP contribution in [-0.4, -0.2) is 12.6 Å². The molecule has 0 heterocycles. The van der Waals surface area contributed by atoms with E-state index in [1.807, 2.05) is 0 Å². The summed E-state index contributed by atoms with van der Waals surface area (Å²) < 4.78 is 4.73. The van der Waals surface area contributed by atoms with Gasteiger partial charge in [-0.25, -0.2) is 4.79 Å². The minimum atomic E-state index is -0.372. The van der Waals surface area contributed by atoms with E-state index in [1.54, 1.807) is 6.92 Å². The normalized spacial score (nSPS) is 34.4.